The molecule has 7 nitrogen and oxygen atoms in total. The highest BCUT2D eigenvalue weighted by Gasteiger charge is 2.22. The summed E-state index contributed by atoms with van der Waals surface area (Å²) < 4.78 is 13.4. The maximum atomic E-state index is 13.1. The third-order valence-electron chi connectivity index (χ3n) is 6.12. The van der Waals surface area contributed by atoms with Gasteiger partial charge in [0.15, 0.2) is 6.23 Å². The van der Waals surface area contributed by atoms with Gasteiger partial charge in [-0.1, -0.05) is 12.1 Å². The van der Waals surface area contributed by atoms with Gasteiger partial charge in [-0.15, -0.1) is 0 Å². The van der Waals surface area contributed by atoms with E-state index in [4.69, 9.17) is 9.47 Å². The third kappa shape index (κ3) is 4.00. The number of fused-ring (bicyclic) bond motifs is 1. The summed E-state index contributed by atoms with van der Waals surface area (Å²) in [6, 6.07) is 11.6. The molecule has 1 aliphatic heterocycles. The lowest BCUT2D eigenvalue weighted by Crippen LogP contribution is -2.33. The van der Waals surface area contributed by atoms with Crippen LogP contribution in [0.15, 0.2) is 53.6 Å². The summed E-state index contributed by atoms with van der Waals surface area (Å²) in [6.07, 6.45) is 6.04. The molecule has 1 atom stereocenters. The smallest absolute Gasteiger partial charge is 0.272 e. The highest BCUT2D eigenvalue weighted by Crippen LogP contribution is 2.33. The fourth-order valence-corrected chi connectivity index (χ4v) is 4.46. The molecule has 0 radical (unpaired) electrons. The predicted octanol–water partition coefficient (Wildman–Crippen LogP) is 5.27. The first-order valence-corrected chi connectivity index (χ1v) is 11.2. The van der Waals surface area contributed by atoms with E-state index in [9.17, 15) is 4.79 Å². The Labute approximate surface area is 192 Å². The van der Waals surface area contributed by atoms with Crippen molar-refractivity contribution in [1.82, 2.24) is 19.7 Å². The molecule has 0 bridgehead atoms. The Kier molecular flexibility index (Phi) is 5.64. The maximum Gasteiger partial charge on any atom is 0.272 e. The molecular formula is C26H26N4O3. The normalized spacial score (nSPS) is 16.2. The van der Waals surface area contributed by atoms with Crippen LogP contribution in [-0.4, -0.2) is 26.4 Å². The van der Waals surface area contributed by atoms with Crippen molar-refractivity contribution < 1.29 is 9.47 Å². The predicted molar refractivity (Wildman–Crippen MR) is 127 cm³/mol. The zero-order valence-electron chi connectivity index (χ0n) is 19.0. The van der Waals surface area contributed by atoms with Crippen molar-refractivity contribution >= 4 is 10.9 Å². The van der Waals surface area contributed by atoms with Crippen LogP contribution in [0, 0.1) is 20.8 Å². The standard InChI is InChI=1S/C26H26N4O3/c1-16-15-20(33-25-24-19(11-13-28-25)7-6-12-27-24)9-10-21(16)23-17(2)26(31)30(29-18(23)3)22-8-4-5-14-32-22/h6-7,9-13,15,22H,4-5,8,14H2,1-3H3. The van der Waals surface area contributed by atoms with Crippen molar-refractivity contribution in [2.75, 3.05) is 6.61 Å². The Morgan fingerprint density at radius 2 is 1.94 bits per heavy atom. The first kappa shape index (κ1) is 21.3. The Morgan fingerprint density at radius 3 is 2.73 bits per heavy atom. The Hall–Kier alpha value is -3.58. The lowest BCUT2D eigenvalue weighted by atomic mass is 9.96. The molecule has 4 aromatic rings. The number of aryl methyl sites for hydroxylation is 2. The molecule has 0 N–H and O–H groups in total. The van der Waals surface area contributed by atoms with Gasteiger partial charge in [0.1, 0.15) is 11.3 Å². The number of hydrogen-bond donors (Lipinski definition) is 0. The molecule has 1 unspecified atom stereocenters. The van der Waals surface area contributed by atoms with Crippen LogP contribution >= 0.6 is 0 Å². The monoisotopic (exact) mass is 442 g/mol. The van der Waals surface area contributed by atoms with Gasteiger partial charge in [-0.25, -0.2) is 9.67 Å². The molecule has 7 heteroatoms. The molecule has 0 aliphatic carbocycles. The van der Waals surface area contributed by atoms with Crippen LogP contribution in [0.2, 0.25) is 0 Å². The van der Waals surface area contributed by atoms with Crippen LogP contribution < -0.4 is 10.3 Å². The minimum absolute atomic E-state index is 0.103. The molecule has 3 aromatic heterocycles. The molecule has 1 fully saturated rings. The maximum absolute atomic E-state index is 13.1. The fraction of sp³-hybridized carbons (Fsp3) is 0.308. The van der Waals surface area contributed by atoms with Gasteiger partial charge in [-0.05, 0) is 75.4 Å². The van der Waals surface area contributed by atoms with Crippen LogP contribution in [0.1, 0.15) is 42.3 Å². The summed E-state index contributed by atoms with van der Waals surface area (Å²) in [5.74, 6) is 1.12. The zero-order valence-corrected chi connectivity index (χ0v) is 19.0. The highest BCUT2D eigenvalue weighted by atomic mass is 16.5. The third-order valence-corrected chi connectivity index (χ3v) is 6.12. The van der Waals surface area contributed by atoms with E-state index < -0.39 is 0 Å². The Balaban J connectivity index is 1.49. The van der Waals surface area contributed by atoms with Crippen LogP contribution in [0.4, 0.5) is 0 Å². The van der Waals surface area contributed by atoms with E-state index in [1.807, 2.05) is 57.2 Å². The molecule has 1 aliphatic rings. The average Bonchev–Trinajstić information content (AvgIpc) is 2.83. The Bertz CT molecular complexity index is 1390. The van der Waals surface area contributed by atoms with Crippen LogP contribution in [0.25, 0.3) is 22.0 Å². The number of nitrogens with zero attached hydrogens (tertiary/aromatic N) is 4. The SMILES string of the molecule is Cc1cc(Oc2nccc3cccnc23)ccc1-c1c(C)nn(C2CCCCO2)c(=O)c1C. The summed E-state index contributed by atoms with van der Waals surface area (Å²) in [7, 11) is 0. The van der Waals surface area contributed by atoms with Crippen LogP contribution in [0.3, 0.4) is 0 Å². The van der Waals surface area contributed by atoms with E-state index in [0.717, 1.165) is 47.0 Å². The van der Waals surface area contributed by atoms with Gasteiger partial charge in [0.05, 0.1) is 5.69 Å². The topological polar surface area (TPSA) is 79.1 Å². The summed E-state index contributed by atoms with van der Waals surface area (Å²) in [5, 5.41) is 5.60. The minimum Gasteiger partial charge on any atom is -0.437 e. The van der Waals surface area contributed by atoms with Gasteiger partial charge in [0.25, 0.3) is 5.56 Å². The van der Waals surface area contributed by atoms with Gasteiger partial charge >= 0.3 is 0 Å². The largest absolute Gasteiger partial charge is 0.437 e. The van der Waals surface area contributed by atoms with Crippen LogP contribution in [-0.2, 0) is 4.74 Å². The van der Waals surface area contributed by atoms with E-state index in [0.29, 0.717) is 29.3 Å². The zero-order chi connectivity index (χ0) is 22.9. The second kappa shape index (κ2) is 8.75. The van der Waals surface area contributed by atoms with Crippen LogP contribution in [0.5, 0.6) is 11.6 Å². The Morgan fingerprint density at radius 1 is 1.06 bits per heavy atom. The second-order valence-corrected chi connectivity index (χ2v) is 8.43. The number of benzene rings is 1. The lowest BCUT2D eigenvalue weighted by molar-refractivity contribution is -0.0428. The van der Waals surface area contributed by atoms with Gasteiger partial charge < -0.3 is 9.47 Å². The second-order valence-electron chi connectivity index (χ2n) is 8.43. The van der Waals surface area contributed by atoms with E-state index in [1.54, 1.807) is 12.4 Å². The van der Waals surface area contributed by atoms with Crippen molar-refractivity contribution in [1.29, 1.82) is 0 Å². The fourth-order valence-electron chi connectivity index (χ4n) is 4.46. The van der Waals surface area contributed by atoms with E-state index >= 15 is 0 Å². The van der Waals surface area contributed by atoms with Crippen molar-refractivity contribution in [2.45, 2.75) is 46.3 Å². The minimum atomic E-state index is -0.281. The van der Waals surface area contributed by atoms with Gasteiger partial charge in [-0.3, -0.25) is 9.78 Å². The molecule has 0 spiro atoms. The number of pyridine rings is 2. The van der Waals surface area contributed by atoms with E-state index in [1.165, 1.54) is 4.68 Å². The number of aromatic nitrogens is 4. The number of hydrogen-bond acceptors (Lipinski definition) is 6. The summed E-state index contributed by atoms with van der Waals surface area (Å²) in [5.41, 5.74) is 4.90. The van der Waals surface area contributed by atoms with Crippen molar-refractivity contribution in [3.63, 3.8) is 0 Å². The number of ether oxygens (including phenoxy) is 2. The van der Waals surface area contributed by atoms with Gasteiger partial charge in [0, 0.05) is 35.5 Å². The molecule has 168 valence electrons. The van der Waals surface area contributed by atoms with Crippen molar-refractivity contribution in [3.8, 4) is 22.8 Å². The first-order chi connectivity index (χ1) is 16.0. The summed E-state index contributed by atoms with van der Waals surface area (Å²) in [6.45, 7) is 6.48. The molecule has 33 heavy (non-hydrogen) atoms. The quantitative estimate of drug-likeness (QED) is 0.428. The molecule has 1 saturated heterocycles. The molecule has 0 amide bonds. The molecule has 4 heterocycles. The number of rotatable bonds is 4. The molecular weight excluding hydrogens is 416 g/mol. The van der Waals surface area contributed by atoms with E-state index in [-0.39, 0.29) is 11.8 Å². The average molecular weight is 443 g/mol. The molecule has 1 aromatic carbocycles. The molecule has 5 rings (SSSR count). The summed E-state index contributed by atoms with van der Waals surface area (Å²) in [4.78, 5) is 21.9. The van der Waals surface area contributed by atoms with E-state index in [2.05, 4.69) is 15.1 Å². The van der Waals surface area contributed by atoms with Gasteiger partial charge in [-0.2, -0.15) is 5.10 Å². The lowest BCUT2D eigenvalue weighted by Gasteiger charge is -2.25. The molecule has 0 saturated carbocycles. The summed E-state index contributed by atoms with van der Waals surface area (Å²) >= 11 is 0. The van der Waals surface area contributed by atoms with Crippen molar-refractivity contribution in [2.24, 2.45) is 0 Å². The first-order valence-electron chi connectivity index (χ1n) is 11.2. The van der Waals surface area contributed by atoms with Crippen molar-refractivity contribution in [3.05, 3.63) is 76.0 Å². The van der Waals surface area contributed by atoms with Gasteiger partial charge in [0.2, 0.25) is 5.88 Å². The highest BCUT2D eigenvalue weighted by molar-refractivity contribution is 5.82.